The topological polar surface area (TPSA) is 38.7 Å². The fraction of sp³-hybridized carbons (Fsp3) is 0.647. The van der Waals surface area contributed by atoms with Crippen molar-refractivity contribution in [3.63, 3.8) is 0 Å². The Balaban J connectivity index is 1.74. The summed E-state index contributed by atoms with van der Waals surface area (Å²) in [6.45, 7) is 2.50. The van der Waals surface area contributed by atoms with Crippen LogP contribution in [-0.2, 0) is 4.74 Å². The Bertz CT molecular complexity index is 495. The largest absolute Gasteiger partial charge is 0.490 e. The maximum atomic E-state index is 9.90. The first kappa shape index (κ1) is 15.1. The molecular formula is C17H23ClO3. The molecule has 1 N–H and O–H groups in total. The lowest BCUT2D eigenvalue weighted by Gasteiger charge is -2.38. The lowest BCUT2D eigenvalue weighted by molar-refractivity contribution is -0.108. The maximum absolute atomic E-state index is 9.90. The molecule has 3 rings (SSSR count). The van der Waals surface area contributed by atoms with E-state index in [9.17, 15) is 5.11 Å². The molecular weight excluding hydrogens is 288 g/mol. The molecule has 1 aromatic rings. The maximum Gasteiger partial charge on any atom is 0.125 e. The average Bonchev–Trinajstić information content (AvgIpc) is 2.88. The van der Waals surface area contributed by atoms with Gasteiger partial charge < -0.3 is 14.6 Å². The van der Waals surface area contributed by atoms with Gasteiger partial charge in [0.1, 0.15) is 11.9 Å². The van der Waals surface area contributed by atoms with Crippen molar-refractivity contribution in [3.05, 3.63) is 28.8 Å². The summed E-state index contributed by atoms with van der Waals surface area (Å²) in [7, 11) is 0. The fourth-order valence-electron chi connectivity index (χ4n) is 3.58. The zero-order valence-corrected chi connectivity index (χ0v) is 13.2. The van der Waals surface area contributed by atoms with Gasteiger partial charge in [-0.1, -0.05) is 24.4 Å². The standard InChI is InChI=1S/C17H23ClO3/c1-12(19)15-10-13(18)4-5-16(15)21-14-6-9-20-17(11-14)7-2-3-8-17/h4-5,10,12,14,19H,2-3,6-9,11H2,1H3. The molecule has 1 heterocycles. The first-order chi connectivity index (χ1) is 10.1. The lowest BCUT2D eigenvalue weighted by atomic mass is 9.90. The van der Waals surface area contributed by atoms with Gasteiger partial charge in [-0.2, -0.15) is 0 Å². The minimum atomic E-state index is -0.584. The van der Waals surface area contributed by atoms with Crippen LogP contribution >= 0.6 is 11.6 Å². The number of rotatable bonds is 3. The van der Waals surface area contributed by atoms with Gasteiger partial charge in [-0.3, -0.25) is 0 Å². The Kier molecular flexibility index (Phi) is 4.43. The molecule has 2 unspecified atom stereocenters. The van der Waals surface area contributed by atoms with Crippen LogP contribution in [0.25, 0.3) is 0 Å². The second kappa shape index (κ2) is 6.15. The number of halogens is 1. The van der Waals surface area contributed by atoms with Crippen LogP contribution in [0.15, 0.2) is 18.2 Å². The van der Waals surface area contributed by atoms with Crippen LogP contribution in [0.2, 0.25) is 5.02 Å². The highest BCUT2D eigenvalue weighted by Crippen LogP contribution is 2.41. The quantitative estimate of drug-likeness (QED) is 0.906. The molecule has 3 nitrogen and oxygen atoms in total. The number of ether oxygens (including phenoxy) is 2. The highest BCUT2D eigenvalue weighted by molar-refractivity contribution is 6.30. The summed E-state index contributed by atoms with van der Waals surface area (Å²) < 4.78 is 12.2. The van der Waals surface area contributed by atoms with Crippen molar-refractivity contribution in [3.8, 4) is 5.75 Å². The minimum Gasteiger partial charge on any atom is -0.490 e. The van der Waals surface area contributed by atoms with Gasteiger partial charge in [0, 0.05) is 23.4 Å². The SMILES string of the molecule is CC(O)c1cc(Cl)ccc1OC1CCOC2(CCCC2)C1. The molecule has 1 spiro atoms. The van der Waals surface area contributed by atoms with Gasteiger partial charge in [-0.15, -0.1) is 0 Å². The van der Waals surface area contributed by atoms with Crippen molar-refractivity contribution in [2.45, 2.75) is 63.3 Å². The Hall–Kier alpha value is -0.770. The van der Waals surface area contributed by atoms with Crippen molar-refractivity contribution in [1.82, 2.24) is 0 Å². The summed E-state index contributed by atoms with van der Waals surface area (Å²) in [4.78, 5) is 0. The lowest BCUT2D eigenvalue weighted by Crippen LogP contribution is -2.41. The van der Waals surface area contributed by atoms with Gasteiger partial charge in [0.15, 0.2) is 0 Å². The Morgan fingerprint density at radius 3 is 2.86 bits per heavy atom. The molecule has 1 aromatic carbocycles. The van der Waals surface area contributed by atoms with E-state index in [-0.39, 0.29) is 11.7 Å². The molecule has 116 valence electrons. The third kappa shape index (κ3) is 3.36. The van der Waals surface area contributed by atoms with Gasteiger partial charge in [0.2, 0.25) is 0 Å². The molecule has 0 amide bonds. The molecule has 4 heteroatoms. The van der Waals surface area contributed by atoms with E-state index in [4.69, 9.17) is 21.1 Å². The number of hydrogen-bond donors (Lipinski definition) is 1. The number of benzene rings is 1. The Morgan fingerprint density at radius 1 is 1.38 bits per heavy atom. The number of aliphatic hydroxyl groups excluding tert-OH is 1. The molecule has 2 fully saturated rings. The Morgan fingerprint density at radius 2 is 2.14 bits per heavy atom. The van der Waals surface area contributed by atoms with Crippen molar-refractivity contribution >= 4 is 11.6 Å². The van der Waals surface area contributed by atoms with Gasteiger partial charge in [0.25, 0.3) is 0 Å². The van der Waals surface area contributed by atoms with E-state index < -0.39 is 6.10 Å². The number of hydrogen-bond acceptors (Lipinski definition) is 3. The molecule has 2 atom stereocenters. The average molecular weight is 311 g/mol. The highest BCUT2D eigenvalue weighted by Gasteiger charge is 2.40. The molecule has 2 aliphatic rings. The van der Waals surface area contributed by atoms with Crippen molar-refractivity contribution in [2.75, 3.05) is 6.61 Å². The van der Waals surface area contributed by atoms with E-state index in [1.165, 1.54) is 12.8 Å². The second-order valence-electron chi connectivity index (χ2n) is 6.33. The second-order valence-corrected chi connectivity index (χ2v) is 6.77. The number of aliphatic hydroxyl groups is 1. The molecule has 21 heavy (non-hydrogen) atoms. The first-order valence-electron chi connectivity index (χ1n) is 7.86. The first-order valence-corrected chi connectivity index (χ1v) is 8.24. The van der Waals surface area contributed by atoms with E-state index in [2.05, 4.69) is 0 Å². The van der Waals surface area contributed by atoms with Crippen LogP contribution in [0.5, 0.6) is 5.75 Å². The molecule has 1 aliphatic carbocycles. The summed E-state index contributed by atoms with van der Waals surface area (Å²) >= 11 is 6.02. The predicted octanol–water partition coefficient (Wildman–Crippen LogP) is 4.26. The zero-order chi connectivity index (χ0) is 14.9. The summed E-state index contributed by atoms with van der Waals surface area (Å²) in [6, 6.07) is 5.46. The predicted molar refractivity (Wildman–Crippen MR) is 82.9 cm³/mol. The molecule has 0 aromatic heterocycles. The van der Waals surface area contributed by atoms with E-state index in [0.29, 0.717) is 5.02 Å². The van der Waals surface area contributed by atoms with Crippen LogP contribution in [-0.4, -0.2) is 23.4 Å². The summed E-state index contributed by atoms with van der Waals surface area (Å²) in [5.74, 6) is 0.745. The van der Waals surface area contributed by atoms with E-state index in [1.807, 2.05) is 12.1 Å². The van der Waals surface area contributed by atoms with Crippen LogP contribution in [0.4, 0.5) is 0 Å². The van der Waals surface area contributed by atoms with Crippen LogP contribution in [0, 0.1) is 0 Å². The van der Waals surface area contributed by atoms with Crippen molar-refractivity contribution in [1.29, 1.82) is 0 Å². The molecule has 0 bridgehead atoms. The minimum absolute atomic E-state index is 0.0420. The normalized spacial score (nSPS) is 26.0. The fourth-order valence-corrected chi connectivity index (χ4v) is 3.76. The Labute approximate surface area is 131 Å². The summed E-state index contributed by atoms with van der Waals surface area (Å²) in [5.41, 5.74) is 0.801. The zero-order valence-electron chi connectivity index (χ0n) is 12.5. The van der Waals surface area contributed by atoms with Gasteiger partial charge in [-0.05, 0) is 38.0 Å². The van der Waals surface area contributed by atoms with Gasteiger partial charge in [-0.25, -0.2) is 0 Å². The molecule has 1 aliphatic heterocycles. The molecule has 1 saturated heterocycles. The van der Waals surface area contributed by atoms with E-state index in [0.717, 1.165) is 43.6 Å². The van der Waals surface area contributed by atoms with Gasteiger partial charge in [0.05, 0.1) is 18.3 Å². The third-order valence-electron chi connectivity index (χ3n) is 4.68. The van der Waals surface area contributed by atoms with E-state index >= 15 is 0 Å². The van der Waals surface area contributed by atoms with Crippen LogP contribution in [0.1, 0.15) is 57.1 Å². The van der Waals surface area contributed by atoms with E-state index in [1.54, 1.807) is 13.0 Å². The van der Waals surface area contributed by atoms with Crippen LogP contribution < -0.4 is 4.74 Å². The molecule has 1 saturated carbocycles. The molecule has 0 radical (unpaired) electrons. The summed E-state index contributed by atoms with van der Waals surface area (Å²) in [5, 5.41) is 10.5. The van der Waals surface area contributed by atoms with Gasteiger partial charge >= 0.3 is 0 Å². The summed E-state index contributed by atoms with van der Waals surface area (Å²) in [6.07, 6.45) is 6.25. The third-order valence-corrected chi connectivity index (χ3v) is 4.91. The van der Waals surface area contributed by atoms with Crippen LogP contribution in [0.3, 0.4) is 0 Å². The van der Waals surface area contributed by atoms with Crippen molar-refractivity contribution in [2.24, 2.45) is 0 Å². The monoisotopic (exact) mass is 310 g/mol. The smallest absolute Gasteiger partial charge is 0.125 e. The highest BCUT2D eigenvalue weighted by atomic mass is 35.5. The van der Waals surface area contributed by atoms with Crippen molar-refractivity contribution < 1.29 is 14.6 Å².